The summed E-state index contributed by atoms with van der Waals surface area (Å²) in [6.07, 6.45) is 3.86. The summed E-state index contributed by atoms with van der Waals surface area (Å²) in [5.74, 6) is -0.429. The predicted molar refractivity (Wildman–Crippen MR) is 118 cm³/mol. The molecule has 2 aromatic carbocycles. The Morgan fingerprint density at radius 2 is 1.69 bits per heavy atom. The highest BCUT2D eigenvalue weighted by Gasteiger charge is 2.13. The molecule has 0 aliphatic carbocycles. The number of halogens is 1. The van der Waals surface area contributed by atoms with Gasteiger partial charge in [0.05, 0.1) is 10.7 Å². The normalized spacial score (nSPS) is 14.6. The number of hydrogen-bond acceptors (Lipinski definition) is 3. The van der Waals surface area contributed by atoms with Gasteiger partial charge in [-0.1, -0.05) is 44.0 Å². The van der Waals surface area contributed by atoms with Gasteiger partial charge in [0.15, 0.2) is 0 Å². The second kappa shape index (κ2) is 9.90. The quantitative estimate of drug-likeness (QED) is 0.686. The second-order valence-electron chi connectivity index (χ2n) is 7.83. The number of hydrogen-bond donors (Lipinski definition) is 2. The van der Waals surface area contributed by atoms with Crippen LogP contribution in [-0.2, 0) is 11.3 Å². The maximum absolute atomic E-state index is 12.5. The summed E-state index contributed by atoms with van der Waals surface area (Å²) in [6, 6.07) is 12.8. The lowest BCUT2D eigenvalue weighted by Crippen LogP contribution is -2.29. The first-order valence-corrected chi connectivity index (χ1v) is 10.5. The van der Waals surface area contributed by atoms with Gasteiger partial charge in [-0.15, -0.1) is 0 Å². The van der Waals surface area contributed by atoms with Crippen LogP contribution in [0.1, 0.15) is 49.0 Å². The molecule has 0 spiro atoms. The van der Waals surface area contributed by atoms with Gasteiger partial charge in [0.25, 0.3) is 5.91 Å². The van der Waals surface area contributed by atoms with Crippen molar-refractivity contribution >= 4 is 34.8 Å². The molecule has 0 bridgehead atoms. The van der Waals surface area contributed by atoms with Crippen LogP contribution in [0.5, 0.6) is 0 Å². The lowest BCUT2D eigenvalue weighted by Gasteiger charge is -2.26. The van der Waals surface area contributed by atoms with Crippen LogP contribution >= 0.6 is 11.6 Å². The summed E-state index contributed by atoms with van der Waals surface area (Å²) < 4.78 is 0. The monoisotopic (exact) mass is 413 g/mol. The number of nitrogens with zero attached hydrogens (tertiary/aromatic N) is 1. The van der Waals surface area contributed by atoms with Gasteiger partial charge in [-0.25, -0.2) is 0 Å². The van der Waals surface area contributed by atoms with Crippen molar-refractivity contribution in [3.8, 4) is 0 Å². The van der Waals surface area contributed by atoms with Gasteiger partial charge >= 0.3 is 0 Å². The van der Waals surface area contributed by atoms with Gasteiger partial charge in [0, 0.05) is 23.7 Å². The summed E-state index contributed by atoms with van der Waals surface area (Å²) >= 11 is 6.25. The van der Waals surface area contributed by atoms with E-state index in [0.29, 0.717) is 22.0 Å². The lowest BCUT2D eigenvalue weighted by atomic mass is 10.1. The molecule has 1 aliphatic rings. The Balaban J connectivity index is 1.59. The zero-order chi connectivity index (χ0) is 20.8. The van der Waals surface area contributed by atoms with Gasteiger partial charge in [0.2, 0.25) is 5.91 Å². The average Bonchev–Trinajstić information content (AvgIpc) is 2.71. The molecule has 1 fully saturated rings. The molecule has 0 atom stereocenters. The number of anilines is 2. The van der Waals surface area contributed by atoms with Crippen molar-refractivity contribution in [3.63, 3.8) is 0 Å². The standard InChI is InChI=1S/C23H28ClN3O2/c1-16(2)22(28)26-21-11-10-19(14-20(21)24)25-23(29)18-8-6-17(7-9-18)15-27-12-4-3-5-13-27/h6-11,14,16H,3-5,12-13,15H2,1-2H3,(H,25,29)(H,26,28). The van der Waals surface area contributed by atoms with E-state index in [1.54, 1.807) is 18.2 Å². The summed E-state index contributed by atoms with van der Waals surface area (Å²) in [4.78, 5) is 26.8. The van der Waals surface area contributed by atoms with E-state index in [9.17, 15) is 9.59 Å². The predicted octanol–water partition coefficient (Wildman–Crippen LogP) is 5.17. The minimum Gasteiger partial charge on any atom is -0.325 e. The Labute approximate surface area is 177 Å². The lowest BCUT2D eigenvalue weighted by molar-refractivity contribution is -0.118. The highest BCUT2D eigenvalue weighted by molar-refractivity contribution is 6.34. The van der Waals surface area contributed by atoms with Gasteiger partial charge in [-0.2, -0.15) is 0 Å². The van der Waals surface area contributed by atoms with Crippen LogP contribution < -0.4 is 10.6 Å². The van der Waals surface area contributed by atoms with Crippen molar-refractivity contribution in [2.45, 2.75) is 39.7 Å². The number of carbonyl (C=O) groups is 2. The summed E-state index contributed by atoms with van der Waals surface area (Å²) in [5.41, 5.74) is 2.93. The van der Waals surface area contributed by atoms with Crippen LogP contribution in [0.25, 0.3) is 0 Å². The molecule has 154 valence electrons. The Kier molecular flexibility index (Phi) is 7.29. The molecule has 1 aliphatic heterocycles. The molecule has 0 aromatic heterocycles. The van der Waals surface area contributed by atoms with E-state index < -0.39 is 0 Å². The molecule has 0 radical (unpaired) electrons. The number of piperidine rings is 1. The maximum atomic E-state index is 12.5. The Morgan fingerprint density at radius 3 is 2.31 bits per heavy atom. The molecule has 1 heterocycles. The molecule has 6 heteroatoms. The van der Waals surface area contributed by atoms with Gasteiger partial charge in [-0.05, 0) is 61.8 Å². The molecule has 0 saturated carbocycles. The summed E-state index contributed by atoms with van der Waals surface area (Å²) in [7, 11) is 0. The molecule has 2 N–H and O–H groups in total. The molecule has 1 saturated heterocycles. The zero-order valence-corrected chi connectivity index (χ0v) is 17.8. The molecule has 2 amide bonds. The summed E-state index contributed by atoms with van der Waals surface area (Å²) in [5, 5.41) is 6.01. The fourth-order valence-corrected chi connectivity index (χ4v) is 3.54. The number of carbonyl (C=O) groups excluding carboxylic acids is 2. The van der Waals surface area contributed by atoms with E-state index in [0.717, 1.165) is 19.6 Å². The molecular weight excluding hydrogens is 386 g/mol. The van der Waals surface area contributed by atoms with Crippen molar-refractivity contribution in [2.24, 2.45) is 5.92 Å². The van der Waals surface area contributed by atoms with Crippen LogP contribution in [0.4, 0.5) is 11.4 Å². The molecule has 5 nitrogen and oxygen atoms in total. The van der Waals surface area contributed by atoms with E-state index in [4.69, 9.17) is 11.6 Å². The molecule has 29 heavy (non-hydrogen) atoms. The number of benzene rings is 2. The first-order chi connectivity index (χ1) is 13.9. The van der Waals surface area contributed by atoms with E-state index in [2.05, 4.69) is 15.5 Å². The van der Waals surface area contributed by atoms with Crippen molar-refractivity contribution in [2.75, 3.05) is 23.7 Å². The van der Waals surface area contributed by atoms with E-state index in [1.165, 1.54) is 24.8 Å². The number of likely N-dealkylation sites (tertiary alicyclic amines) is 1. The fraction of sp³-hybridized carbons (Fsp3) is 0.391. The van der Waals surface area contributed by atoms with Crippen LogP contribution in [0, 0.1) is 5.92 Å². The molecular formula is C23H28ClN3O2. The molecule has 0 unspecified atom stereocenters. The van der Waals surface area contributed by atoms with Crippen LogP contribution in [-0.4, -0.2) is 29.8 Å². The van der Waals surface area contributed by atoms with E-state index >= 15 is 0 Å². The van der Waals surface area contributed by atoms with Crippen molar-refractivity contribution < 1.29 is 9.59 Å². The largest absolute Gasteiger partial charge is 0.325 e. The number of rotatable bonds is 6. The minimum atomic E-state index is -0.190. The van der Waals surface area contributed by atoms with Crippen LogP contribution in [0.15, 0.2) is 42.5 Å². The third-order valence-electron chi connectivity index (χ3n) is 5.08. The second-order valence-corrected chi connectivity index (χ2v) is 8.23. The van der Waals surface area contributed by atoms with Crippen LogP contribution in [0.3, 0.4) is 0 Å². The third kappa shape index (κ3) is 6.05. The first kappa shape index (κ1) is 21.3. The van der Waals surface area contributed by atoms with Crippen molar-refractivity contribution in [1.82, 2.24) is 4.90 Å². The Morgan fingerprint density at radius 1 is 1.00 bits per heavy atom. The van der Waals surface area contributed by atoms with Crippen molar-refractivity contribution in [1.29, 1.82) is 0 Å². The van der Waals surface area contributed by atoms with Crippen LogP contribution in [0.2, 0.25) is 5.02 Å². The number of amides is 2. The highest BCUT2D eigenvalue weighted by Crippen LogP contribution is 2.26. The van der Waals surface area contributed by atoms with E-state index in [1.807, 2.05) is 38.1 Å². The minimum absolute atomic E-state index is 0.103. The molecule has 3 rings (SSSR count). The zero-order valence-electron chi connectivity index (χ0n) is 17.0. The molecule has 2 aromatic rings. The third-order valence-corrected chi connectivity index (χ3v) is 5.39. The smallest absolute Gasteiger partial charge is 0.255 e. The van der Waals surface area contributed by atoms with Crippen molar-refractivity contribution in [3.05, 3.63) is 58.6 Å². The Hall–Kier alpha value is -2.37. The van der Waals surface area contributed by atoms with Gasteiger partial charge in [-0.3, -0.25) is 14.5 Å². The summed E-state index contributed by atoms with van der Waals surface area (Å²) in [6.45, 7) is 6.86. The SMILES string of the molecule is CC(C)C(=O)Nc1ccc(NC(=O)c2ccc(CN3CCCCC3)cc2)cc1Cl. The maximum Gasteiger partial charge on any atom is 0.255 e. The highest BCUT2D eigenvalue weighted by atomic mass is 35.5. The first-order valence-electron chi connectivity index (χ1n) is 10.2. The fourth-order valence-electron chi connectivity index (χ4n) is 3.31. The topological polar surface area (TPSA) is 61.4 Å². The van der Waals surface area contributed by atoms with Gasteiger partial charge < -0.3 is 10.6 Å². The Bertz CT molecular complexity index is 859. The number of nitrogens with one attached hydrogen (secondary N) is 2. The van der Waals surface area contributed by atoms with Gasteiger partial charge in [0.1, 0.15) is 0 Å². The average molecular weight is 414 g/mol. The van der Waals surface area contributed by atoms with E-state index in [-0.39, 0.29) is 17.7 Å².